The van der Waals surface area contributed by atoms with Crippen molar-refractivity contribution in [2.45, 2.75) is 38.6 Å². The van der Waals surface area contributed by atoms with Crippen LogP contribution in [-0.4, -0.2) is 38.3 Å². The number of rotatable bonds is 4. The number of aryl methyl sites for hydroxylation is 1. The first-order valence-corrected chi connectivity index (χ1v) is 9.60. The van der Waals surface area contributed by atoms with Crippen molar-refractivity contribution >= 4 is 11.6 Å². The lowest BCUT2D eigenvalue weighted by molar-refractivity contribution is 0.144. The van der Waals surface area contributed by atoms with Crippen LogP contribution in [0.5, 0.6) is 0 Å². The third-order valence-corrected chi connectivity index (χ3v) is 6.03. The summed E-state index contributed by atoms with van der Waals surface area (Å²) in [6.07, 6.45) is 3.37. The topological polar surface area (TPSA) is 81.1 Å². The van der Waals surface area contributed by atoms with Crippen LogP contribution in [0.15, 0.2) is 33.3 Å². The van der Waals surface area contributed by atoms with E-state index in [0.717, 1.165) is 50.4 Å². The number of hydrogen-bond donors (Lipinski definition) is 0. The van der Waals surface area contributed by atoms with Crippen LogP contribution in [0.3, 0.4) is 0 Å². The Morgan fingerprint density at radius 3 is 2.78 bits per heavy atom. The molecule has 1 saturated heterocycles. The molecule has 3 heterocycles. The van der Waals surface area contributed by atoms with Gasteiger partial charge in [0.05, 0.1) is 6.54 Å². The van der Waals surface area contributed by atoms with Crippen LogP contribution in [0.2, 0.25) is 5.02 Å². The Morgan fingerprint density at radius 2 is 2.04 bits per heavy atom. The van der Waals surface area contributed by atoms with Gasteiger partial charge in [-0.1, -0.05) is 34.0 Å². The summed E-state index contributed by atoms with van der Waals surface area (Å²) in [5.74, 6) is 3.11. The van der Waals surface area contributed by atoms with Crippen LogP contribution in [0.25, 0.3) is 11.4 Å². The summed E-state index contributed by atoms with van der Waals surface area (Å²) in [6.45, 7) is 4.61. The molecule has 1 aliphatic carbocycles. The van der Waals surface area contributed by atoms with Crippen LogP contribution < -0.4 is 0 Å². The molecule has 1 saturated carbocycles. The standard InChI is InChI=1S/C19H20ClN5O2/c1-12-21-16(26-23-12)11-25-7-5-19(6-8-25)10-15(19)18-22-17(24-27-18)13-3-2-4-14(20)9-13/h2-4,9,15H,5-8,10-11H2,1H3/t15-/m1/s1. The number of aromatic nitrogens is 4. The van der Waals surface area contributed by atoms with Crippen molar-refractivity contribution < 1.29 is 9.05 Å². The Labute approximate surface area is 161 Å². The number of hydrogen-bond acceptors (Lipinski definition) is 7. The van der Waals surface area contributed by atoms with Gasteiger partial charge in [-0.15, -0.1) is 0 Å². The van der Waals surface area contributed by atoms with Gasteiger partial charge in [0.25, 0.3) is 0 Å². The van der Waals surface area contributed by atoms with Gasteiger partial charge in [0.2, 0.25) is 17.6 Å². The fourth-order valence-electron chi connectivity index (χ4n) is 4.12. The molecule has 2 aromatic heterocycles. The Bertz CT molecular complexity index is 960. The molecule has 27 heavy (non-hydrogen) atoms. The summed E-state index contributed by atoms with van der Waals surface area (Å²) in [5, 5.41) is 8.69. The average molecular weight is 386 g/mol. The largest absolute Gasteiger partial charge is 0.339 e. The maximum Gasteiger partial charge on any atom is 0.240 e. The zero-order valence-electron chi connectivity index (χ0n) is 15.1. The molecular weight excluding hydrogens is 366 g/mol. The second-order valence-electron chi connectivity index (χ2n) is 7.60. The minimum absolute atomic E-state index is 0.305. The van der Waals surface area contributed by atoms with E-state index in [2.05, 4.69) is 25.2 Å². The fourth-order valence-corrected chi connectivity index (χ4v) is 4.31. The van der Waals surface area contributed by atoms with Crippen molar-refractivity contribution in [2.75, 3.05) is 13.1 Å². The SMILES string of the molecule is Cc1noc(CN2CCC3(CC2)C[C@@H]3c2nc(-c3cccc(Cl)c3)no2)n1. The van der Waals surface area contributed by atoms with Crippen molar-refractivity contribution in [1.29, 1.82) is 0 Å². The molecule has 7 nitrogen and oxygen atoms in total. The molecule has 2 aliphatic rings. The highest BCUT2D eigenvalue weighted by Crippen LogP contribution is 2.64. The third-order valence-electron chi connectivity index (χ3n) is 5.79. The fraction of sp³-hybridized carbons (Fsp3) is 0.474. The zero-order chi connectivity index (χ0) is 18.4. The van der Waals surface area contributed by atoms with Crippen LogP contribution in [-0.2, 0) is 6.54 Å². The lowest BCUT2D eigenvalue weighted by atomic mass is 9.91. The molecule has 0 unspecified atom stereocenters. The molecule has 1 aromatic carbocycles. The predicted octanol–water partition coefficient (Wildman–Crippen LogP) is 3.85. The lowest BCUT2D eigenvalue weighted by Crippen LogP contribution is -2.34. The molecule has 0 N–H and O–H groups in total. The van der Waals surface area contributed by atoms with Crippen LogP contribution in [0.4, 0.5) is 0 Å². The zero-order valence-corrected chi connectivity index (χ0v) is 15.8. The Hall–Kier alpha value is -2.25. The van der Waals surface area contributed by atoms with Gasteiger partial charge in [-0.25, -0.2) is 0 Å². The van der Waals surface area contributed by atoms with Crippen LogP contribution in [0, 0.1) is 12.3 Å². The van der Waals surface area contributed by atoms with Crippen molar-refractivity contribution in [3.05, 3.63) is 46.9 Å². The summed E-state index contributed by atoms with van der Waals surface area (Å²) >= 11 is 6.06. The van der Waals surface area contributed by atoms with E-state index in [-0.39, 0.29) is 0 Å². The summed E-state index contributed by atoms with van der Waals surface area (Å²) in [6, 6.07) is 7.54. The van der Waals surface area contributed by atoms with Crippen molar-refractivity contribution in [1.82, 2.24) is 25.2 Å². The van der Waals surface area contributed by atoms with Crippen LogP contribution in [0.1, 0.15) is 42.8 Å². The molecular formula is C19H20ClN5O2. The van der Waals surface area contributed by atoms with E-state index in [1.807, 2.05) is 31.2 Å². The van der Waals surface area contributed by atoms with E-state index >= 15 is 0 Å². The summed E-state index contributed by atoms with van der Waals surface area (Å²) in [5.41, 5.74) is 1.19. The van der Waals surface area contributed by atoms with Crippen molar-refractivity contribution in [3.8, 4) is 11.4 Å². The first kappa shape index (κ1) is 16.9. The highest BCUT2D eigenvalue weighted by Gasteiger charge is 2.58. The maximum absolute atomic E-state index is 6.06. The van der Waals surface area contributed by atoms with Gasteiger partial charge in [0, 0.05) is 16.5 Å². The minimum atomic E-state index is 0.305. The Kier molecular flexibility index (Phi) is 4.02. The maximum atomic E-state index is 6.06. The number of nitrogens with zero attached hydrogens (tertiary/aromatic N) is 5. The van der Waals surface area contributed by atoms with Crippen LogP contribution >= 0.6 is 11.6 Å². The van der Waals surface area contributed by atoms with Gasteiger partial charge in [0.1, 0.15) is 0 Å². The van der Waals surface area contributed by atoms with E-state index < -0.39 is 0 Å². The molecule has 3 aromatic rings. The molecule has 8 heteroatoms. The van der Waals surface area contributed by atoms with E-state index in [1.165, 1.54) is 0 Å². The molecule has 140 valence electrons. The van der Waals surface area contributed by atoms with Gasteiger partial charge >= 0.3 is 0 Å². The molecule has 0 bridgehead atoms. The summed E-state index contributed by atoms with van der Waals surface area (Å²) < 4.78 is 10.8. The van der Waals surface area contributed by atoms with Gasteiger partial charge < -0.3 is 9.05 Å². The molecule has 0 amide bonds. The number of likely N-dealkylation sites (tertiary alicyclic amines) is 1. The normalized spacial score (nSPS) is 21.6. The van der Waals surface area contributed by atoms with E-state index in [4.69, 9.17) is 20.6 Å². The van der Waals surface area contributed by atoms with E-state index in [9.17, 15) is 0 Å². The van der Waals surface area contributed by atoms with Gasteiger partial charge in [-0.2, -0.15) is 9.97 Å². The van der Waals surface area contributed by atoms with Crippen molar-refractivity contribution in [2.24, 2.45) is 5.41 Å². The lowest BCUT2D eigenvalue weighted by Gasteiger charge is -2.31. The highest BCUT2D eigenvalue weighted by atomic mass is 35.5. The second kappa shape index (κ2) is 6.42. The summed E-state index contributed by atoms with van der Waals surface area (Å²) in [7, 11) is 0. The average Bonchev–Trinajstić information content (AvgIpc) is 2.99. The van der Waals surface area contributed by atoms with Gasteiger partial charge in [-0.05, 0) is 56.8 Å². The molecule has 5 rings (SSSR count). The predicted molar refractivity (Wildman–Crippen MR) is 98.1 cm³/mol. The smallest absolute Gasteiger partial charge is 0.240 e. The van der Waals surface area contributed by atoms with Gasteiger partial charge in [0.15, 0.2) is 5.82 Å². The molecule has 2 fully saturated rings. The van der Waals surface area contributed by atoms with Crippen molar-refractivity contribution in [3.63, 3.8) is 0 Å². The first-order valence-electron chi connectivity index (χ1n) is 9.22. The number of halogens is 1. The minimum Gasteiger partial charge on any atom is -0.339 e. The summed E-state index contributed by atoms with van der Waals surface area (Å²) in [4.78, 5) is 11.3. The first-order chi connectivity index (χ1) is 13.1. The highest BCUT2D eigenvalue weighted by molar-refractivity contribution is 6.30. The molecule has 1 atom stereocenters. The molecule has 0 radical (unpaired) electrons. The molecule has 1 spiro atoms. The Balaban J connectivity index is 1.22. The Morgan fingerprint density at radius 1 is 1.19 bits per heavy atom. The third kappa shape index (κ3) is 3.26. The van der Waals surface area contributed by atoms with Gasteiger partial charge in [-0.3, -0.25) is 4.90 Å². The quantitative estimate of drug-likeness (QED) is 0.674. The second-order valence-corrected chi connectivity index (χ2v) is 8.03. The van der Waals surface area contributed by atoms with E-state index in [1.54, 1.807) is 0 Å². The monoisotopic (exact) mass is 385 g/mol. The number of piperidine rings is 1. The molecule has 1 aliphatic heterocycles. The van der Waals surface area contributed by atoms with E-state index in [0.29, 0.717) is 33.9 Å². The number of benzene rings is 1.